The van der Waals surface area contributed by atoms with E-state index in [2.05, 4.69) is 109 Å². The zero-order chi connectivity index (χ0) is 36.0. The maximum absolute atomic E-state index is 9.52. The Morgan fingerprint density at radius 1 is 0.444 bits per heavy atom. The molecule has 0 saturated heterocycles. The SMILES string of the molecule is N#Cc1ccc(C2=CCC3c4ccccc4-c4ccc(-c5cccc(-c6cccc(-c7nc(-c8ccccc8)nc(-c8ccccc8)n7)c6)c5)c2c43)cc1. The first-order chi connectivity index (χ1) is 26.7. The summed E-state index contributed by atoms with van der Waals surface area (Å²) in [6.45, 7) is 0. The molecule has 2 aliphatic carbocycles. The van der Waals surface area contributed by atoms with Crippen LogP contribution in [0.2, 0.25) is 0 Å². The molecule has 2 aliphatic rings. The van der Waals surface area contributed by atoms with Gasteiger partial charge in [-0.15, -0.1) is 0 Å². The molecule has 1 heterocycles. The standard InChI is InChI=1S/C50H32N4/c51-31-32-21-23-33(24-22-32)40-25-27-44-42-19-7-8-20-43(42)45-28-26-41(46(40)47(44)45)38-17-9-15-36(29-38)37-16-10-18-39(30-37)50-53-48(34-11-3-1-4-12-34)52-49(54-50)35-13-5-2-6-14-35/h1-26,28-30,44H,27H2. The van der Waals surface area contributed by atoms with E-state index in [1.165, 1.54) is 39.0 Å². The first-order valence-electron chi connectivity index (χ1n) is 18.3. The van der Waals surface area contributed by atoms with Crippen molar-refractivity contribution < 1.29 is 0 Å². The van der Waals surface area contributed by atoms with Gasteiger partial charge < -0.3 is 0 Å². The topological polar surface area (TPSA) is 62.5 Å². The molecule has 8 aromatic rings. The lowest BCUT2D eigenvalue weighted by atomic mass is 9.76. The van der Waals surface area contributed by atoms with Crippen LogP contribution in [0.15, 0.2) is 176 Å². The van der Waals surface area contributed by atoms with Gasteiger partial charge >= 0.3 is 0 Å². The molecule has 0 saturated carbocycles. The number of hydrogen-bond acceptors (Lipinski definition) is 4. The second-order valence-electron chi connectivity index (χ2n) is 13.8. The van der Waals surface area contributed by atoms with Crippen LogP contribution < -0.4 is 0 Å². The minimum absolute atomic E-state index is 0.315. The van der Waals surface area contributed by atoms with E-state index >= 15 is 0 Å². The van der Waals surface area contributed by atoms with Gasteiger partial charge in [-0.05, 0) is 91.9 Å². The fourth-order valence-corrected chi connectivity index (χ4v) is 8.16. The zero-order valence-electron chi connectivity index (χ0n) is 29.3. The fourth-order valence-electron chi connectivity index (χ4n) is 8.16. The van der Waals surface area contributed by atoms with E-state index in [1.807, 2.05) is 72.8 Å². The van der Waals surface area contributed by atoms with Gasteiger partial charge in [0.25, 0.3) is 0 Å². The van der Waals surface area contributed by atoms with E-state index < -0.39 is 0 Å². The summed E-state index contributed by atoms with van der Waals surface area (Å²) in [5.74, 6) is 2.23. The minimum atomic E-state index is 0.315. The largest absolute Gasteiger partial charge is 0.208 e. The van der Waals surface area contributed by atoms with E-state index in [0.717, 1.165) is 45.4 Å². The molecule has 0 bridgehead atoms. The molecule has 0 spiro atoms. The lowest BCUT2D eigenvalue weighted by Gasteiger charge is -2.26. The van der Waals surface area contributed by atoms with E-state index in [1.54, 1.807) is 0 Å². The summed E-state index contributed by atoms with van der Waals surface area (Å²) in [4.78, 5) is 14.9. The predicted molar refractivity (Wildman–Crippen MR) is 217 cm³/mol. The molecule has 4 nitrogen and oxygen atoms in total. The molecule has 1 unspecified atom stereocenters. The van der Waals surface area contributed by atoms with Crippen LogP contribution in [0.25, 0.3) is 73.1 Å². The van der Waals surface area contributed by atoms with Gasteiger partial charge in [0, 0.05) is 22.6 Å². The monoisotopic (exact) mass is 688 g/mol. The first-order valence-corrected chi connectivity index (χ1v) is 18.3. The fraction of sp³-hybridized carbons (Fsp3) is 0.0400. The average Bonchev–Trinajstić information content (AvgIpc) is 3.59. The summed E-state index contributed by atoms with van der Waals surface area (Å²) >= 11 is 0. The smallest absolute Gasteiger partial charge is 0.164 e. The van der Waals surface area contributed by atoms with E-state index in [9.17, 15) is 5.26 Å². The molecule has 0 fully saturated rings. The highest BCUT2D eigenvalue weighted by molar-refractivity contribution is 5.98. The Balaban J connectivity index is 1.09. The Kier molecular flexibility index (Phi) is 7.63. The van der Waals surface area contributed by atoms with Crippen LogP contribution >= 0.6 is 0 Å². The summed E-state index contributed by atoms with van der Waals surface area (Å²) in [6.07, 6.45) is 3.34. The molecule has 0 radical (unpaired) electrons. The molecule has 1 aromatic heterocycles. The average molecular weight is 689 g/mol. The quantitative estimate of drug-likeness (QED) is 0.174. The van der Waals surface area contributed by atoms with Crippen molar-refractivity contribution in [2.45, 2.75) is 12.3 Å². The molecule has 54 heavy (non-hydrogen) atoms. The van der Waals surface area contributed by atoms with E-state index in [4.69, 9.17) is 15.0 Å². The molecular formula is C50H32N4. The van der Waals surface area contributed by atoms with Gasteiger partial charge in [0.05, 0.1) is 11.6 Å². The molecule has 7 aromatic carbocycles. The van der Waals surface area contributed by atoms with Crippen molar-refractivity contribution in [1.29, 1.82) is 5.26 Å². The van der Waals surface area contributed by atoms with Crippen molar-refractivity contribution in [3.05, 3.63) is 204 Å². The Labute approximate surface area is 314 Å². The number of benzene rings is 7. The summed E-state index contributed by atoms with van der Waals surface area (Å²) in [6, 6.07) is 61.3. The van der Waals surface area contributed by atoms with Crippen LogP contribution in [0.5, 0.6) is 0 Å². The molecule has 0 amide bonds. The third-order valence-electron chi connectivity index (χ3n) is 10.7. The van der Waals surface area contributed by atoms with Crippen LogP contribution in [0.1, 0.15) is 40.2 Å². The number of hydrogen-bond donors (Lipinski definition) is 0. The second kappa shape index (κ2) is 13.1. The van der Waals surface area contributed by atoms with Crippen molar-refractivity contribution in [3.63, 3.8) is 0 Å². The molecule has 10 rings (SSSR count). The Morgan fingerprint density at radius 3 is 1.65 bits per heavy atom. The molecule has 0 N–H and O–H groups in total. The number of allylic oxidation sites excluding steroid dienone is 1. The van der Waals surface area contributed by atoms with Gasteiger partial charge in [0.2, 0.25) is 0 Å². The van der Waals surface area contributed by atoms with Gasteiger partial charge in [0.1, 0.15) is 0 Å². The second-order valence-corrected chi connectivity index (χ2v) is 13.8. The lowest BCUT2D eigenvalue weighted by Crippen LogP contribution is -2.08. The zero-order valence-corrected chi connectivity index (χ0v) is 29.3. The van der Waals surface area contributed by atoms with Crippen LogP contribution in [0.4, 0.5) is 0 Å². The van der Waals surface area contributed by atoms with Crippen LogP contribution in [-0.2, 0) is 0 Å². The summed E-state index contributed by atoms with van der Waals surface area (Å²) < 4.78 is 0. The highest BCUT2D eigenvalue weighted by atomic mass is 15.0. The molecule has 0 aliphatic heterocycles. The minimum Gasteiger partial charge on any atom is -0.208 e. The van der Waals surface area contributed by atoms with Crippen LogP contribution in [0.3, 0.4) is 0 Å². The number of fused-ring (bicyclic) bond motifs is 3. The molecule has 1 atom stereocenters. The van der Waals surface area contributed by atoms with Crippen molar-refractivity contribution >= 4 is 5.57 Å². The predicted octanol–water partition coefficient (Wildman–Crippen LogP) is 12.0. The van der Waals surface area contributed by atoms with E-state index in [0.29, 0.717) is 29.0 Å². The van der Waals surface area contributed by atoms with Gasteiger partial charge in [-0.3, -0.25) is 0 Å². The van der Waals surface area contributed by atoms with Gasteiger partial charge in [-0.2, -0.15) is 5.26 Å². The summed E-state index contributed by atoms with van der Waals surface area (Å²) in [7, 11) is 0. The van der Waals surface area contributed by atoms with E-state index in [-0.39, 0.29) is 0 Å². The number of nitriles is 1. The number of nitrogens with zero attached hydrogens (tertiary/aromatic N) is 4. The third-order valence-corrected chi connectivity index (χ3v) is 10.7. The number of rotatable bonds is 6. The molecule has 252 valence electrons. The normalized spacial score (nSPS) is 13.8. The van der Waals surface area contributed by atoms with Gasteiger partial charge in [-0.1, -0.05) is 152 Å². The van der Waals surface area contributed by atoms with Gasteiger partial charge in [-0.25, -0.2) is 15.0 Å². The molecular weight excluding hydrogens is 657 g/mol. The highest BCUT2D eigenvalue weighted by Crippen LogP contribution is 2.55. The Morgan fingerprint density at radius 2 is 0.981 bits per heavy atom. The molecule has 4 heteroatoms. The summed E-state index contributed by atoms with van der Waals surface area (Å²) in [5.41, 5.74) is 17.1. The highest BCUT2D eigenvalue weighted by Gasteiger charge is 2.35. The summed E-state index contributed by atoms with van der Waals surface area (Å²) in [5, 5.41) is 9.52. The van der Waals surface area contributed by atoms with Crippen molar-refractivity contribution in [2.75, 3.05) is 0 Å². The van der Waals surface area contributed by atoms with Gasteiger partial charge in [0.15, 0.2) is 17.5 Å². The van der Waals surface area contributed by atoms with Crippen molar-refractivity contribution in [1.82, 2.24) is 15.0 Å². The first kappa shape index (κ1) is 31.5. The Hall–Kier alpha value is -7.22. The lowest BCUT2D eigenvalue weighted by molar-refractivity contribution is 0.840. The maximum atomic E-state index is 9.52. The maximum Gasteiger partial charge on any atom is 0.164 e. The van der Waals surface area contributed by atoms with Crippen molar-refractivity contribution in [3.8, 4) is 73.6 Å². The Bertz CT molecular complexity index is 2740. The van der Waals surface area contributed by atoms with Crippen molar-refractivity contribution in [2.24, 2.45) is 0 Å². The third kappa shape index (κ3) is 5.43. The van der Waals surface area contributed by atoms with Crippen LogP contribution in [-0.4, -0.2) is 15.0 Å². The van der Waals surface area contributed by atoms with Crippen LogP contribution in [0, 0.1) is 11.3 Å². The number of aromatic nitrogens is 3.